The lowest BCUT2D eigenvalue weighted by Crippen LogP contribution is -2.01. The van der Waals surface area contributed by atoms with E-state index in [4.69, 9.17) is 4.42 Å². The lowest BCUT2D eigenvalue weighted by molar-refractivity contribution is -0.140. The van der Waals surface area contributed by atoms with Crippen molar-refractivity contribution in [3.05, 3.63) is 27.9 Å². The molecule has 90 valence electrons. The fraction of sp³-hybridized carbons (Fsp3) is 0.273. The molecule has 0 radical (unpaired) electrons. The molecule has 0 saturated heterocycles. The highest BCUT2D eigenvalue weighted by Crippen LogP contribution is 2.31. The highest BCUT2D eigenvalue weighted by molar-refractivity contribution is 9.10. The number of carbonyl (C=O) groups is 1. The van der Waals surface area contributed by atoms with Crippen LogP contribution in [0.15, 0.2) is 26.6 Å². The van der Waals surface area contributed by atoms with Crippen LogP contribution in [0.4, 0.5) is 0 Å². The zero-order chi connectivity index (χ0) is 12.3. The molecule has 0 fully saturated rings. The van der Waals surface area contributed by atoms with E-state index in [-0.39, 0.29) is 5.97 Å². The summed E-state index contributed by atoms with van der Waals surface area (Å²) in [6.07, 6.45) is 2.54. The molecule has 0 aliphatic heterocycles. The third kappa shape index (κ3) is 2.95. The predicted octanol–water partition coefficient (Wildman–Crippen LogP) is 3.27. The van der Waals surface area contributed by atoms with Crippen LogP contribution in [0.5, 0.6) is 0 Å². The van der Waals surface area contributed by atoms with Gasteiger partial charge in [0, 0.05) is 11.8 Å². The molecule has 0 aliphatic carbocycles. The second-order valence-corrected chi connectivity index (χ2v) is 5.03. The summed E-state index contributed by atoms with van der Waals surface area (Å²) in [5.74, 6) is 0.498. The summed E-state index contributed by atoms with van der Waals surface area (Å²) >= 11 is 4.88. The Morgan fingerprint density at radius 1 is 1.65 bits per heavy atom. The molecule has 0 atom stereocenters. The van der Waals surface area contributed by atoms with Crippen LogP contribution < -0.4 is 0 Å². The zero-order valence-electron chi connectivity index (χ0n) is 9.10. The van der Waals surface area contributed by atoms with Crippen LogP contribution in [-0.4, -0.2) is 18.1 Å². The second kappa shape index (κ2) is 5.46. The molecule has 0 N–H and O–H groups in total. The van der Waals surface area contributed by atoms with Crippen LogP contribution in [0, 0.1) is 0 Å². The van der Waals surface area contributed by atoms with Gasteiger partial charge in [0.25, 0.3) is 0 Å². The number of thiazole rings is 1. The third-order valence-corrected chi connectivity index (χ3v) is 3.69. The molecule has 2 heterocycles. The van der Waals surface area contributed by atoms with Gasteiger partial charge >= 0.3 is 5.97 Å². The van der Waals surface area contributed by atoms with Gasteiger partial charge in [0.2, 0.25) is 0 Å². The van der Waals surface area contributed by atoms with Gasteiger partial charge in [-0.15, -0.1) is 11.3 Å². The second-order valence-electron chi connectivity index (χ2n) is 3.32. The largest absolute Gasteiger partial charge is 0.469 e. The Hall–Kier alpha value is -1.14. The maximum absolute atomic E-state index is 11.0. The van der Waals surface area contributed by atoms with Crippen molar-refractivity contribution in [2.24, 2.45) is 0 Å². The predicted molar refractivity (Wildman–Crippen MR) is 67.9 cm³/mol. The van der Waals surface area contributed by atoms with Crippen LogP contribution >= 0.6 is 27.3 Å². The van der Waals surface area contributed by atoms with E-state index in [0.717, 1.165) is 20.9 Å². The van der Waals surface area contributed by atoms with E-state index < -0.39 is 0 Å². The maximum Gasteiger partial charge on any atom is 0.305 e. The fourth-order valence-corrected chi connectivity index (χ4v) is 2.68. The van der Waals surface area contributed by atoms with Gasteiger partial charge in [-0.1, -0.05) is 0 Å². The first-order valence-corrected chi connectivity index (χ1v) is 6.62. The molecular formula is C11H10BrNO3S. The van der Waals surface area contributed by atoms with Gasteiger partial charge in [-0.25, -0.2) is 4.98 Å². The summed E-state index contributed by atoms with van der Waals surface area (Å²) < 4.78 is 10.8. The zero-order valence-corrected chi connectivity index (χ0v) is 11.5. The van der Waals surface area contributed by atoms with Crippen LogP contribution in [0.1, 0.15) is 12.1 Å². The van der Waals surface area contributed by atoms with Gasteiger partial charge in [-0.3, -0.25) is 4.79 Å². The summed E-state index contributed by atoms with van der Waals surface area (Å²) in [6, 6.07) is 1.82. The molecule has 0 bridgehead atoms. The molecule has 2 aromatic rings. The number of hydrogen-bond acceptors (Lipinski definition) is 5. The summed E-state index contributed by atoms with van der Waals surface area (Å²) in [5, 5.41) is 2.73. The van der Waals surface area contributed by atoms with Crippen molar-refractivity contribution in [3.8, 4) is 10.8 Å². The monoisotopic (exact) mass is 315 g/mol. The van der Waals surface area contributed by atoms with Gasteiger partial charge in [-0.05, 0) is 22.0 Å². The standard InChI is InChI=1S/C11H10BrNO3S/c1-15-9(14)3-2-7-6-17-11(13-7)10-8(12)4-5-16-10/h4-6H,2-3H2,1H3. The third-order valence-electron chi connectivity index (χ3n) is 2.18. The molecule has 4 nitrogen and oxygen atoms in total. The molecule has 0 saturated carbocycles. The summed E-state index contributed by atoms with van der Waals surface area (Å²) in [5.41, 5.74) is 0.874. The quantitative estimate of drug-likeness (QED) is 0.812. The van der Waals surface area contributed by atoms with E-state index in [9.17, 15) is 4.79 Å². The summed E-state index contributed by atoms with van der Waals surface area (Å²) in [7, 11) is 1.38. The van der Waals surface area contributed by atoms with Crippen molar-refractivity contribution >= 4 is 33.2 Å². The molecule has 2 aromatic heterocycles. The molecule has 0 amide bonds. The van der Waals surface area contributed by atoms with E-state index in [0.29, 0.717) is 12.8 Å². The number of furan rings is 1. The Bertz CT molecular complexity index is 520. The SMILES string of the molecule is COC(=O)CCc1csc(-c2occc2Br)n1. The summed E-state index contributed by atoms with van der Waals surface area (Å²) in [6.45, 7) is 0. The number of carbonyl (C=O) groups excluding carboxylic acids is 1. The number of ether oxygens (including phenoxy) is 1. The van der Waals surface area contributed by atoms with Gasteiger partial charge in [0.1, 0.15) is 0 Å². The minimum Gasteiger partial charge on any atom is -0.469 e. The number of methoxy groups -OCH3 is 1. The number of hydrogen-bond donors (Lipinski definition) is 0. The van der Waals surface area contributed by atoms with Crippen molar-refractivity contribution in [1.29, 1.82) is 0 Å². The minimum atomic E-state index is -0.223. The Kier molecular flexibility index (Phi) is 3.96. The van der Waals surface area contributed by atoms with Crippen LogP contribution in [-0.2, 0) is 16.0 Å². The van der Waals surface area contributed by atoms with E-state index in [1.807, 2.05) is 11.4 Å². The lowest BCUT2D eigenvalue weighted by atomic mass is 10.2. The number of halogens is 1. The highest BCUT2D eigenvalue weighted by Gasteiger charge is 2.12. The Morgan fingerprint density at radius 2 is 2.47 bits per heavy atom. The maximum atomic E-state index is 11.0. The Morgan fingerprint density at radius 3 is 3.12 bits per heavy atom. The first-order chi connectivity index (χ1) is 8.20. The summed E-state index contributed by atoms with van der Waals surface area (Å²) in [4.78, 5) is 15.4. The van der Waals surface area contributed by atoms with Crippen molar-refractivity contribution in [3.63, 3.8) is 0 Å². The molecule has 0 spiro atoms. The van der Waals surface area contributed by atoms with Crippen LogP contribution in [0.25, 0.3) is 10.8 Å². The first kappa shape index (κ1) is 12.3. The number of aryl methyl sites for hydroxylation is 1. The highest BCUT2D eigenvalue weighted by atomic mass is 79.9. The molecule has 0 aliphatic rings. The fourth-order valence-electron chi connectivity index (χ4n) is 1.30. The number of rotatable bonds is 4. The van der Waals surface area contributed by atoms with Gasteiger partial charge in [0.05, 0.1) is 30.0 Å². The van der Waals surface area contributed by atoms with E-state index in [1.165, 1.54) is 18.4 Å². The van der Waals surface area contributed by atoms with Crippen molar-refractivity contribution in [2.75, 3.05) is 7.11 Å². The van der Waals surface area contributed by atoms with Crippen LogP contribution in [0.3, 0.4) is 0 Å². The number of nitrogens with zero attached hydrogens (tertiary/aromatic N) is 1. The molecule has 0 unspecified atom stereocenters. The van der Waals surface area contributed by atoms with Crippen molar-refractivity contribution in [2.45, 2.75) is 12.8 Å². The molecule has 6 heteroatoms. The smallest absolute Gasteiger partial charge is 0.305 e. The molecular weight excluding hydrogens is 306 g/mol. The van der Waals surface area contributed by atoms with E-state index >= 15 is 0 Å². The number of esters is 1. The van der Waals surface area contributed by atoms with Gasteiger partial charge in [-0.2, -0.15) is 0 Å². The average molecular weight is 316 g/mol. The van der Waals surface area contributed by atoms with Crippen molar-refractivity contribution in [1.82, 2.24) is 4.98 Å². The molecule has 2 rings (SSSR count). The molecule has 17 heavy (non-hydrogen) atoms. The average Bonchev–Trinajstić information content (AvgIpc) is 2.94. The van der Waals surface area contributed by atoms with Crippen LogP contribution in [0.2, 0.25) is 0 Å². The normalized spacial score (nSPS) is 10.5. The lowest BCUT2D eigenvalue weighted by Gasteiger charge is -1.95. The Labute approximate surface area is 111 Å². The number of aromatic nitrogens is 1. The van der Waals surface area contributed by atoms with Crippen molar-refractivity contribution < 1.29 is 13.9 Å². The Balaban J connectivity index is 2.06. The first-order valence-electron chi connectivity index (χ1n) is 4.95. The van der Waals surface area contributed by atoms with Gasteiger partial charge < -0.3 is 9.15 Å². The van der Waals surface area contributed by atoms with E-state index in [1.54, 1.807) is 6.26 Å². The van der Waals surface area contributed by atoms with E-state index in [2.05, 4.69) is 25.7 Å². The topological polar surface area (TPSA) is 52.3 Å². The van der Waals surface area contributed by atoms with Gasteiger partial charge in [0.15, 0.2) is 10.8 Å². The minimum absolute atomic E-state index is 0.223. The molecule has 0 aromatic carbocycles.